The Balaban J connectivity index is 1.83. The number of hydrogen-bond acceptors (Lipinski definition) is 4. The van der Waals surface area contributed by atoms with Crippen molar-refractivity contribution < 1.29 is 19.1 Å². The van der Waals surface area contributed by atoms with Crippen LogP contribution in [0.2, 0.25) is 5.02 Å². The van der Waals surface area contributed by atoms with E-state index in [0.717, 1.165) is 5.56 Å². The second-order valence-corrected chi connectivity index (χ2v) is 6.71. The fraction of sp³-hybridized carbons (Fsp3) is 0.111. The predicted molar refractivity (Wildman–Crippen MR) is 101 cm³/mol. The Labute approximate surface area is 163 Å². The van der Waals surface area contributed by atoms with E-state index in [1.54, 1.807) is 30.3 Å². The van der Waals surface area contributed by atoms with Gasteiger partial charge in [0.2, 0.25) is 0 Å². The molecular formula is C18H14BrClN2O4. The molecule has 0 aromatic heterocycles. The van der Waals surface area contributed by atoms with Crippen LogP contribution in [0.5, 0.6) is 11.5 Å². The minimum Gasteiger partial charge on any atom is -0.493 e. The van der Waals surface area contributed by atoms with Crippen molar-refractivity contribution >= 4 is 45.5 Å². The lowest BCUT2D eigenvalue weighted by Crippen LogP contribution is -2.22. The first kappa shape index (κ1) is 18.3. The Hall–Kier alpha value is -2.51. The molecule has 0 saturated carbocycles. The number of imide groups is 1. The third-order valence-corrected chi connectivity index (χ3v) is 4.42. The summed E-state index contributed by atoms with van der Waals surface area (Å²) in [7, 11) is 1.53. The zero-order valence-corrected chi connectivity index (χ0v) is 16.0. The molecule has 1 aliphatic rings. The quantitative estimate of drug-likeness (QED) is 0.550. The first-order chi connectivity index (χ1) is 12.5. The third-order valence-electron chi connectivity index (χ3n) is 3.58. The van der Waals surface area contributed by atoms with Gasteiger partial charge in [0.15, 0.2) is 11.5 Å². The van der Waals surface area contributed by atoms with Crippen LogP contribution in [0.15, 0.2) is 46.6 Å². The standard InChI is InChI=1S/C18H14BrClN2O4/c1-25-15-8-11(7-14-17(23)22-18(24)21-14)6-13(19)16(15)26-9-10-2-4-12(20)5-3-10/h2-8H,9H2,1H3,(H2,21,22,23,24)/b14-7+. The fourth-order valence-corrected chi connectivity index (χ4v) is 3.05. The molecule has 0 bridgehead atoms. The lowest BCUT2D eigenvalue weighted by Gasteiger charge is -2.14. The Morgan fingerprint density at radius 3 is 2.50 bits per heavy atom. The monoisotopic (exact) mass is 436 g/mol. The molecule has 0 spiro atoms. The van der Waals surface area contributed by atoms with E-state index in [0.29, 0.717) is 33.2 Å². The maximum absolute atomic E-state index is 11.6. The first-order valence-corrected chi connectivity index (χ1v) is 8.72. The summed E-state index contributed by atoms with van der Waals surface area (Å²) in [4.78, 5) is 22.8. The molecule has 1 aliphatic heterocycles. The Morgan fingerprint density at radius 2 is 1.88 bits per heavy atom. The van der Waals surface area contributed by atoms with Crippen LogP contribution < -0.4 is 20.1 Å². The molecule has 3 rings (SSSR count). The summed E-state index contributed by atoms with van der Waals surface area (Å²) in [6.45, 7) is 0.338. The maximum atomic E-state index is 11.6. The molecule has 134 valence electrons. The second-order valence-electron chi connectivity index (χ2n) is 5.42. The smallest absolute Gasteiger partial charge is 0.326 e. The molecular weight excluding hydrogens is 424 g/mol. The number of carbonyl (C=O) groups is 2. The van der Waals surface area contributed by atoms with Crippen LogP contribution in [0.3, 0.4) is 0 Å². The summed E-state index contributed by atoms with van der Waals surface area (Å²) in [5.74, 6) is 0.544. The largest absolute Gasteiger partial charge is 0.493 e. The fourth-order valence-electron chi connectivity index (χ4n) is 2.35. The van der Waals surface area contributed by atoms with Crippen LogP contribution in [0, 0.1) is 0 Å². The van der Waals surface area contributed by atoms with Crippen molar-refractivity contribution in [2.45, 2.75) is 6.61 Å². The molecule has 0 radical (unpaired) electrons. The third kappa shape index (κ3) is 4.17. The van der Waals surface area contributed by atoms with Gasteiger partial charge in [0.1, 0.15) is 12.3 Å². The van der Waals surface area contributed by atoms with E-state index >= 15 is 0 Å². The molecule has 0 unspecified atom stereocenters. The molecule has 1 saturated heterocycles. The van der Waals surface area contributed by atoms with Gasteiger partial charge in [-0.15, -0.1) is 0 Å². The van der Waals surface area contributed by atoms with Crippen LogP contribution >= 0.6 is 27.5 Å². The van der Waals surface area contributed by atoms with Gasteiger partial charge in [0.05, 0.1) is 11.6 Å². The van der Waals surface area contributed by atoms with E-state index < -0.39 is 11.9 Å². The summed E-state index contributed by atoms with van der Waals surface area (Å²) in [6.07, 6.45) is 1.55. The van der Waals surface area contributed by atoms with Crippen molar-refractivity contribution in [3.63, 3.8) is 0 Å². The summed E-state index contributed by atoms with van der Waals surface area (Å²) >= 11 is 9.34. The lowest BCUT2D eigenvalue weighted by molar-refractivity contribution is -0.115. The van der Waals surface area contributed by atoms with Crippen LogP contribution in [0.4, 0.5) is 4.79 Å². The number of carbonyl (C=O) groups excluding carboxylic acids is 2. The van der Waals surface area contributed by atoms with E-state index in [2.05, 4.69) is 26.6 Å². The van der Waals surface area contributed by atoms with Crippen molar-refractivity contribution in [1.82, 2.24) is 10.6 Å². The predicted octanol–water partition coefficient (Wildman–Crippen LogP) is 3.87. The molecule has 2 N–H and O–H groups in total. The van der Waals surface area contributed by atoms with Gasteiger partial charge in [-0.25, -0.2) is 4.79 Å². The average Bonchev–Trinajstić information content (AvgIpc) is 2.92. The number of hydrogen-bond donors (Lipinski definition) is 2. The van der Waals surface area contributed by atoms with Crippen molar-refractivity contribution in [2.24, 2.45) is 0 Å². The van der Waals surface area contributed by atoms with Gasteiger partial charge < -0.3 is 14.8 Å². The van der Waals surface area contributed by atoms with Crippen LogP contribution in [0.1, 0.15) is 11.1 Å². The highest BCUT2D eigenvalue weighted by molar-refractivity contribution is 9.10. The molecule has 1 fully saturated rings. The normalized spacial score (nSPS) is 15.0. The van der Waals surface area contributed by atoms with Crippen molar-refractivity contribution in [2.75, 3.05) is 7.11 Å². The van der Waals surface area contributed by atoms with Crippen molar-refractivity contribution in [3.8, 4) is 11.5 Å². The van der Waals surface area contributed by atoms with E-state index in [1.165, 1.54) is 7.11 Å². The number of ether oxygens (including phenoxy) is 2. The molecule has 6 nitrogen and oxygen atoms in total. The zero-order chi connectivity index (χ0) is 18.7. The Bertz CT molecular complexity index is 897. The molecule has 8 heteroatoms. The van der Waals surface area contributed by atoms with E-state index in [4.69, 9.17) is 21.1 Å². The highest BCUT2D eigenvalue weighted by Gasteiger charge is 2.23. The Morgan fingerprint density at radius 1 is 1.15 bits per heavy atom. The summed E-state index contributed by atoms with van der Waals surface area (Å²) < 4.78 is 11.9. The summed E-state index contributed by atoms with van der Waals surface area (Å²) in [6, 6.07) is 10.3. The zero-order valence-electron chi connectivity index (χ0n) is 13.6. The highest BCUT2D eigenvalue weighted by atomic mass is 79.9. The number of methoxy groups -OCH3 is 1. The molecule has 2 aromatic rings. The van der Waals surface area contributed by atoms with Gasteiger partial charge in [0, 0.05) is 5.02 Å². The minimum absolute atomic E-state index is 0.166. The Kier molecular flexibility index (Phi) is 5.49. The van der Waals surface area contributed by atoms with E-state index in [-0.39, 0.29) is 5.70 Å². The summed E-state index contributed by atoms with van der Waals surface area (Å²) in [5.41, 5.74) is 1.79. The average molecular weight is 438 g/mol. The first-order valence-electron chi connectivity index (χ1n) is 7.55. The van der Waals surface area contributed by atoms with Crippen LogP contribution in [-0.4, -0.2) is 19.0 Å². The van der Waals surface area contributed by atoms with Gasteiger partial charge >= 0.3 is 6.03 Å². The van der Waals surface area contributed by atoms with Gasteiger partial charge in [-0.1, -0.05) is 23.7 Å². The van der Waals surface area contributed by atoms with Gasteiger partial charge in [-0.05, 0) is 57.4 Å². The highest BCUT2D eigenvalue weighted by Crippen LogP contribution is 2.37. The number of halogens is 2. The molecule has 0 atom stereocenters. The van der Waals surface area contributed by atoms with Gasteiger partial charge in [-0.2, -0.15) is 0 Å². The van der Waals surface area contributed by atoms with E-state index in [9.17, 15) is 9.59 Å². The lowest BCUT2D eigenvalue weighted by atomic mass is 10.1. The maximum Gasteiger partial charge on any atom is 0.326 e. The molecule has 2 aromatic carbocycles. The number of amides is 3. The van der Waals surface area contributed by atoms with Gasteiger partial charge in [0.25, 0.3) is 5.91 Å². The SMILES string of the molecule is COc1cc(/C=C2/NC(=O)NC2=O)cc(Br)c1OCc1ccc(Cl)cc1. The van der Waals surface area contributed by atoms with Crippen LogP contribution in [0.25, 0.3) is 6.08 Å². The number of urea groups is 1. The minimum atomic E-state index is -0.546. The number of nitrogens with one attached hydrogen (secondary N) is 2. The molecule has 26 heavy (non-hydrogen) atoms. The van der Waals surface area contributed by atoms with Crippen molar-refractivity contribution in [1.29, 1.82) is 0 Å². The topological polar surface area (TPSA) is 76.7 Å². The number of benzene rings is 2. The van der Waals surface area contributed by atoms with Crippen LogP contribution in [-0.2, 0) is 11.4 Å². The van der Waals surface area contributed by atoms with Gasteiger partial charge in [-0.3, -0.25) is 10.1 Å². The molecule has 1 heterocycles. The molecule has 0 aliphatic carbocycles. The van der Waals surface area contributed by atoms with Crippen molar-refractivity contribution in [3.05, 3.63) is 62.7 Å². The molecule has 3 amide bonds. The number of rotatable bonds is 5. The second kappa shape index (κ2) is 7.80. The van der Waals surface area contributed by atoms with E-state index in [1.807, 2.05) is 12.1 Å². The summed E-state index contributed by atoms with van der Waals surface area (Å²) in [5, 5.41) is 5.25.